The van der Waals surface area contributed by atoms with Crippen molar-refractivity contribution in [3.63, 3.8) is 0 Å². The zero-order chi connectivity index (χ0) is 41.4. The number of nitrogens with one attached hydrogen (secondary N) is 2. The van der Waals surface area contributed by atoms with Crippen LogP contribution in [0.4, 0.5) is 0 Å². The second-order valence-corrected chi connectivity index (χ2v) is 15.6. The number of aliphatic hydroxyl groups is 1. The molecule has 1 aromatic rings. The van der Waals surface area contributed by atoms with Crippen LogP contribution in [0.2, 0.25) is 0 Å². The van der Waals surface area contributed by atoms with Gasteiger partial charge in [-0.3, -0.25) is 24.1 Å². The van der Waals surface area contributed by atoms with Crippen LogP contribution in [0, 0.1) is 23.7 Å². The summed E-state index contributed by atoms with van der Waals surface area (Å²) in [7, 11) is 8.57. The van der Waals surface area contributed by atoms with Crippen molar-refractivity contribution in [2.75, 3.05) is 41.9 Å². The van der Waals surface area contributed by atoms with E-state index in [0.717, 1.165) is 12.8 Å². The fraction of sp³-hybridized carbons (Fsp3) is 0.762. The number of carbonyl (C=O) groups is 4. The van der Waals surface area contributed by atoms with E-state index in [1.165, 1.54) is 0 Å². The van der Waals surface area contributed by atoms with Crippen molar-refractivity contribution >= 4 is 23.6 Å². The number of benzene rings is 1. The van der Waals surface area contributed by atoms with Gasteiger partial charge in [0.05, 0.1) is 54.8 Å². The minimum absolute atomic E-state index is 0.0153. The van der Waals surface area contributed by atoms with Crippen molar-refractivity contribution in [2.45, 2.75) is 143 Å². The van der Waals surface area contributed by atoms with Crippen LogP contribution < -0.4 is 10.6 Å². The Morgan fingerprint density at radius 3 is 1.96 bits per heavy atom. The number of methoxy groups -OCH3 is 2. The molecule has 4 amide bonds. The van der Waals surface area contributed by atoms with Gasteiger partial charge in [0.25, 0.3) is 0 Å². The predicted molar refractivity (Wildman–Crippen MR) is 216 cm³/mol. The second-order valence-electron chi connectivity index (χ2n) is 15.6. The fourth-order valence-electron chi connectivity index (χ4n) is 7.78. The van der Waals surface area contributed by atoms with Gasteiger partial charge in [-0.05, 0) is 57.2 Å². The maximum atomic E-state index is 14.2. The van der Waals surface area contributed by atoms with Crippen LogP contribution >= 0.6 is 0 Å². The Morgan fingerprint density at radius 1 is 0.889 bits per heavy atom. The first-order chi connectivity index (χ1) is 25.4. The lowest BCUT2D eigenvalue weighted by molar-refractivity contribution is -0.148. The number of amides is 4. The highest BCUT2D eigenvalue weighted by molar-refractivity contribution is 5.90. The van der Waals surface area contributed by atoms with Crippen molar-refractivity contribution in [3.8, 4) is 0 Å². The Labute approximate surface area is 327 Å². The summed E-state index contributed by atoms with van der Waals surface area (Å²) in [5.41, 5.74) is 0.711. The Hall–Kier alpha value is -3.06. The lowest BCUT2D eigenvalue weighted by atomic mass is 9.89. The van der Waals surface area contributed by atoms with Crippen LogP contribution in [0.1, 0.15) is 107 Å². The van der Waals surface area contributed by atoms with Gasteiger partial charge >= 0.3 is 0 Å². The maximum absolute atomic E-state index is 14.2. The van der Waals surface area contributed by atoms with Crippen molar-refractivity contribution in [1.82, 2.24) is 25.3 Å². The number of likely N-dealkylation sites (N-methyl/N-ethyl adjacent to an activating group) is 2. The molecule has 1 fully saturated rings. The molecule has 1 aromatic carbocycles. The van der Waals surface area contributed by atoms with Gasteiger partial charge in [0.1, 0.15) is 6.04 Å². The van der Waals surface area contributed by atoms with E-state index < -0.39 is 48.4 Å². The molecule has 0 unspecified atom stereocenters. The van der Waals surface area contributed by atoms with E-state index in [9.17, 15) is 24.3 Å². The molecule has 1 aliphatic rings. The second kappa shape index (κ2) is 23.8. The smallest absolute Gasteiger partial charge is 0.245 e. The predicted octanol–water partition coefficient (Wildman–Crippen LogP) is 4.90. The minimum atomic E-state index is -0.876. The quantitative estimate of drug-likeness (QED) is 0.171. The number of nitrogens with zero attached hydrogens (tertiary/aromatic N) is 3. The number of hydrogen-bond acceptors (Lipinski definition) is 8. The van der Waals surface area contributed by atoms with Crippen LogP contribution in [-0.4, -0.2) is 128 Å². The Kier molecular flexibility index (Phi) is 21.5. The van der Waals surface area contributed by atoms with E-state index in [2.05, 4.69) is 10.6 Å². The van der Waals surface area contributed by atoms with E-state index in [1.807, 2.05) is 105 Å². The lowest BCUT2D eigenvalue weighted by Gasteiger charge is -2.41. The van der Waals surface area contributed by atoms with Gasteiger partial charge in [0.15, 0.2) is 0 Å². The first-order valence-electron chi connectivity index (χ1n) is 20.0. The third-order valence-corrected chi connectivity index (χ3v) is 10.9. The van der Waals surface area contributed by atoms with E-state index in [0.29, 0.717) is 18.5 Å². The molecule has 0 spiro atoms. The van der Waals surface area contributed by atoms with Crippen LogP contribution in [0.5, 0.6) is 0 Å². The lowest BCUT2D eigenvalue weighted by Crippen LogP contribution is -2.59. The van der Waals surface area contributed by atoms with Crippen LogP contribution in [0.15, 0.2) is 30.3 Å². The molecular formula is C42H75N5O7. The molecule has 0 radical (unpaired) electrons. The van der Waals surface area contributed by atoms with Gasteiger partial charge in [0.2, 0.25) is 23.6 Å². The van der Waals surface area contributed by atoms with Crippen molar-refractivity contribution in [1.29, 1.82) is 0 Å². The standard InChI is InChI=1S/C40H69N5O7.C2H6/c1-14-26(6)35(44(11)40(50)33(24(2)3)42-39(49)34(25(4)5)43(9)10)31(51-12)23-32(46)45-22-18-21-30(45)37(52-13)27(7)38(48)41-28(8)36(47)29-19-16-15-17-20-29;1-2/h15-17,19-20,24-28,30-31,33-37,47H,14,18,21-23H2,1-13H3,(H,41,48)(H,42,49);1-2H3/t26-,27+,28+,30-,31+,33-,34-,35-,36+,37+;/m0./s1. The molecule has 0 aromatic heterocycles. The third-order valence-electron chi connectivity index (χ3n) is 10.9. The van der Waals surface area contributed by atoms with Gasteiger partial charge < -0.3 is 35.0 Å². The minimum Gasteiger partial charge on any atom is -0.386 e. The molecule has 1 heterocycles. The first-order valence-corrected chi connectivity index (χ1v) is 20.0. The SMILES string of the molecule is CC.CC[C@H](C)[C@@H]([C@@H](CC(=O)N1CCC[C@H]1[C@H](OC)[C@@H](C)C(=O)N[C@H](C)[C@@H](O)c1ccccc1)OC)N(C)C(=O)[C@@H](NC(=O)[C@H](C(C)C)N(C)C)C(C)C. The summed E-state index contributed by atoms with van der Waals surface area (Å²) in [5.74, 6) is -1.57. The van der Waals surface area contributed by atoms with Gasteiger partial charge in [0, 0.05) is 27.8 Å². The molecule has 12 nitrogen and oxygen atoms in total. The highest BCUT2D eigenvalue weighted by atomic mass is 16.5. The van der Waals surface area contributed by atoms with E-state index >= 15 is 0 Å². The summed E-state index contributed by atoms with van der Waals surface area (Å²) in [5, 5.41) is 16.8. The summed E-state index contributed by atoms with van der Waals surface area (Å²) in [6.45, 7) is 20.0. The third kappa shape index (κ3) is 13.0. The van der Waals surface area contributed by atoms with Crippen LogP contribution in [0.25, 0.3) is 0 Å². The molecular weight excluding hydrogens is 686 g/mol. The number of aliphatic hydroxyl groups excluding tert-OH is 1. The first kappa shape index (κ1) is 49.0. The van der Waals surface area contributed by atoms with Crippen LogP contribution in [-0.2, 0) is 28.7 Å². The summed E-state index contributed by atoms with van der Waals surface area (Å²) in [4.78, 5) is 60.6. The van der Waals surface area contributed by atoms with E-state index in [1.54, 1.807) is 44.9 Å². The Morgan fingerprint density at radius 2 is 1.48 bits per heavy atom. The number of likely N-dealkylation sites (tertiary alicyclic amines) is 1. The number of rotatable bonds is 20. The zero-order valence-corrected chi connectivity index (χ0v) is 36.1. The maximum Gasteiger partial charge on any atom is 0.245 e. The van der Waals surface area contributed by atoms with Crippen molar-refractivity contribution in [3.05, 3.63) is 35.9 Å². The van der Waals surface area contributed by atoms with E-state index in [-0.39, 0.29) is 53.8 Å². The Bertz CT molecular complexity index is 1270. The molecule has 0 saturated carbocycles. The number of carbonyl (C=O) groups excluding carboxylic acids is 4. The van der Waals surface area contributed by atoms with Gasteiger partial charge in [-0.2, -0.15) is 0 Å². The number of ether oxygens (including phenoxy) is 2. The average Bonchev–Trinajstić information content (AvgIpc) is 3.63. The molecule has 1 saturated heterocycles. The molecule has 10 atom stereocenters. The van der Waals surface area contributed by atoms with Crippen molar-refractivity contribution < 1.29 is 33.8 Å². The average molecular weight is 762 g/mol. The molecule has 54 heavy (non-hydrogen) atoms. The van der Waals surface area contributed by atoms with Gasteiger partial charge in [-0.15, -0.1) is 0 Å². The van der Waals surface area contributed by atoms with Crippen LogP contribution in [0.3, 0.4) is 0 Å². The normalized spacial score (nSPS) is 19.5. The molecule has 310 valence electrons. The number of hydrogen-bond donors (Lipinski definition) is 3. The highest BCUT2D eigenvalue weighted by Gasteiger charge is 2.43. The summed E-state index contributed by atoms with van der Waals surface area (Å²) in [6.07, 6.45) is 0.148. The fourth-order valence-corrected chi connectivity index (χ4v) is 7.78. The summed E-state index contributed by atoms with van der Waals surface area (Å²) < 4.78 is 11.9. The zero-order valence-electron chi connectivity index (χ0n) is 36.1. The molecule has 2 rings (SSSR count). The summed E-state index contributed by atoms with van der Waals surface area (Å²) >= 11 is 0. The van der Waals surface area contributed by atoms with Gasteiger partial charge in [-0.1, -0.05) is 99.1 Å². The van der Waals surface area contributed by atoms with Crippen molar-refractivity contribution in [2.24, 2.45) is 23.7 Å². The Balaban J connectivity index is 0.00000716. The molecule has 12 heteroatoms. The molecule has 0 bridgehead atoms. The largest absolute Gasteiger partial charge is 0.386 e. The topological polar surface area (TPSA) is 141 Å². The monoisotopic (exact) mass is 762 g/mol. The van der Waals surface area contributed by atoms with Gasteiger partial charge in [-0.25, -0.2) is 0 Å². The highest BCUT2D eigenvalue weighted by Crippen LogP contribution is 2.30. The molecule has 0 aliphatic carbocycles. The summed E-state index contributed by atoms with van der Waals surface area (Å²) in [6, 6.07) is 6.72. The molecule has 1 aliphatic heterocycles. The molecule has 3 N–H and O–H groups in total. The van der Waals surface area contributed by atoms with E-state index in [4.69, 9.17) is 9.47 Å².